The topological polar surface area (TPSA) is 114 Å². The SMILES string of the molecule is COc1ccc(CCNc2ccc(C(=O)O)cc2S(=O)(=O)NCCc2ccccc2)cc1OC. The molecule has 8 nitrogen and oxygen atoms in total. The molecule has 0 radical (unpaired) electrons. The number of benzene rings is 3. The summed E-state index contributed by atoms with van der Waals surface area (Å²) in [6, 6.07) is 19.1. The molecule has 0 aliphatic carbocycles. The third-order valence-corrected chi connectivity index (χ3v) is 6.74. The van der Waals surface area contributed by atoms with E-state index in [9.17, 15) is 18.3 Å². The molecule has 0 aromatic heterocycles. The molecule has 0 saturated carbocycles. The van der Waals surface area contributed by atoms with Crippen LogP contribution < -0.4 is 19.5 Å². The van der Waals surface area contributed by atoms with Crippen molar-refractivity contribution in [3.63, 3.8) is 0 Å². The number of nitrogens with one attached hydrogen (secondary N) is 2. The van der Waals surface area contributed by atoms with E-state index in [4.69, 9.17) is 9.47 Å². The van der Waals surface area contributed by atoms with Crippen LogP contribution >= 0.6 is 0 Å². The van der Waals surface area contributed by atoms with Gasteiger partial charge in [0.1, 0.15) is 4.90 Å². The summed E-state index contributed by atoms with van der Waals surface area (Å²) in [5, 5.41) is 12.5. The summed E-state index contributed by atoms with van der Waals surface area (Å²) in [5.41, 5.74) is 2.20. The molecule has 0 heterocycles. The Kier molecular flexibility index (Phi) is 8.50. The lowest BCUT2D eigenvalue weighted by molar-refractivity contribution is 0.0696. The summed E-state index contributed by atoms with van der Waals surface area (Å²) >= 11 is 0. The highest BCUT2D eigenvalue weighted by molar-refractivity contribution is 7.89. The van der Waals surface area contributed by atoms with Crippen LogP contribution in [0.3, 0.4) is 0 Å². The smallest absolute Gasteiger partial charge is 0.335 e. The Labute approximate surface area is 199 Å². The summed E-state index contributed by atoms with van der Waals surface area (Å²) in [6.07, 6.45) is 1.10. The molecule has 0 fully saturated rings. The molecule has 0 unspecified atom stereocenters. The van der Waals surface area contributed by atoms with Crippen LogP contribution in [0.5, 0.6) is 11.5 Å². The highest BCUT2D eigenvalue weighted by atomic mass is 32.2. The number of sulfonamides is 1. The van der Waals surface area contributed by atoms with E-state index in [1.165, 1.54) is 18.2 Å². The normalized spacial score (nSPS) is 11.1. The molecule has 3 aromatic rings. The maximum atomic E-state index is 13.0. The molecule has 3 rings (SSSR count). The van der Waals surface area contributed by atoms with E-state index in [1.54, 1.807) is 14.2 Å². The average molecular weight is 485 g/mol. The van der Waals surface area contributed by atoms with Crippen LogP contribution in [0.4, 0.5) is 5.69 Å². The minimum Gasteiger partial charge on any atom is -0.493 e. The molecule has 34 heavy (non-hydrogen) atoms. The van der Waals surface area contributed by atoms with Gasteiger partial charge in [0.25, 0.3) is 0 Å². The van der Waals surface area contributed by atoms with Gasteiger partial charge >= 0.3 is 5.97 Å². The third kappa shape index (κ3) is 6.49. The standard InChI is InChI=1S/C25H28N2O6S/c1-32-22-11-8-19(16-23(22)33-2)12-14-26-21-10-9-20(25(28)29)17-24(21)34(30,31)27-15-13-18-6-4-3-5-7-18/h3-11,16-17,26-27H,12-15H2,1-2H3,(H,28,29). The average Bonchev–Trinajstić information content (AvgIpc) is 2.84. The van der Waals surface area contributed by atoms with Crippen molar-refractivity contribution in [1.82, 2.24) is 4.72 Å². The second-order valence-corrected chi connectivity index (χ2v) is 9.25. The molecule has 180 valence electrons. The predicted octanol–water partition coefficient (Wildman–Crippen LogP) is 3.58. The Morgan fingerprint density at radius 3 is 2.24 bits per heavy atom. The molecule has 0 amide bonds. The van der Waals surface area contributed by atoms with Crippen LogP contribution in [0.1, 0.15) is 21.5 Å². The van der Waals surface area contributed by atoms with E-state index in [2.05, 4.69) is 10.0 Å². The zero-order valence-electron chi connectivity index (χ0n) is 19.1. The van der Waals surface area contributed by atoms with Crippen molar-refractivity contribution in [3.8, 4) is 11.5 Å². The van der Waals surface area contributed by atoms with Gasteiger partial charge in [0, 0.05) is 13.1 Å². The van der Waals surface area contributed by atoms with Crippen molar-refractivity contribution in [2.45, 2.75) is 17.7 Å². The number of hydrogen-bond donors (Lipinski definition) is 3. The van der Waals surface area contributed by atoms with Crippen molar-refractivity contribution in [3.05, 3.63) is 83.4 Å². The lowest BCUT2D eigenvalue weighted by Crippen LogP contribution is -2.27. The molecule has 0 atom stereocenters. The van der Waals surface area contributed by atoms with E-state index in [1.807, 2.05) is 48.5 Å². The van der Waals surface area contributed by atoms with Gasteiger partial charge in [-0.3, -0.25) is 0 Å². The second-order valence-electron chi connectivity index (χ2n) is 7.52. The number of carboxylic acids is 1. The number of aromatic carboxylic acids is 1. The number of carboxylic acid groups (broad SMARTS) is 1. The van der Waals surface area contributed by atoms with Gasteiger partial charge in [0.2, 0.25) is 10.0 Å². The summed E-state index contributed by atoms with van der Waals surface area (Å²) in [6.45, 7) is 0.614. The maximum Gasteiger partial charge on any atom is 0.335 e. The second kappa shape index (κ2) is 11.5. The predicted molar refractivity (Wildman–Crippen MR) is 130 cm³/mol. The lowest BCUT2D eigenvalue weighted by Gasteiger charge is -2.15. The first-order chi connectivity index (χ1) is 16.3. The van der Waals surface area contributed by atoms with Gasteiger partial charge in [-0.15, -0.1) is 0 Å². The van der Waals surface area contributed by atoms with E-state index < -0.39 is 16.0 Å². The minimum atomic E-state index is -3.94. The number of hydrogen-bond acceptors (Lipinski definition) is 6. The van der Waals surface area contributed by atoms with Gasteiger partial charge in [-0.1, -0.05) is 36.4 Å². The summed E-state index contributed by atoms with van der Waals surface area (Å²) in [7, 11) is -0.818. The number of anilines is 1. The zero-order chi connectivity index (χ0) is 24.6. The van der Waals surface area contributed by atoms with E-state index in [0.29, 0.717) is 36.6 Å². The van der Waals surface area contributed by atoms with Crippen LogP contribution in [0.25, 0.3) is 0 Å². The maximum absolute atomic E-state index is 13.0. The van der Waals surface area contributed by atoms with Gasteiger partial charge in [0.15, 0.2) is 11.5 Å². The van der Waals surface area contributed by atoms with Crippen molar-refractivity contribution in [2.75, 3.05) is 32.6 Å². The highest BCUT2D eigenvalue weighted by Gasteiger charge is 2.20. The fraction of sp³-hybridized carbons (Fsp3) is 0.240. The first kappa shape index (κ1) is 25.1. The number of methoxy groups -OCH3 is 2. The van der Waals surface area contributed by atoms with Crippen molar-refractivity contribution < 1.29 is 27.8 Å². The van der Waals surface area contributed by atoms with Gasteiger partial charge < -0.3 is 19.9 Å². The van der Waals surface area contributed by atoms with Crippen LogP contribution in [0.2, 0.25) is 0 Å². The molecule has 0 aliphatic rings. The Bertz CT molecular complexity index is 1230. The Morgan fingerprint density at radius 2 is 1.56 bits per heavy atom. The number of ether oxygens (including phenoxy) is 2. The Hall–Kier alpha value is -3.56. The van der Waals surface area contributed by atoms with E-state index >= 15 is 0 Å². The lowest BCUT2D eigenvalue weighted by atomic mass is 10.1. The largest absolute Gasteiger partial charge is 0.493 e. The van der Waals surface area contributed by atoms with Crippen LogP contribution in [-0.4, -0.2) is 46.8 Å². The molecule has 0 saturated heterocycles. The van der Waals surface area contributed by atoms with Crippen LogP contribution in [-0.2, 0) is 22.9 Å². The summed E-state index contributed by atoms with van der Waals surface area (Å²) < 4.78 is 39.2. The zero-order valence-corrected chi connectivity index (χ0v) is 19.9. The van der Waals surface area contributed by atoms with Gasteiger partial charge in [-0.05, 0) is 54.3 Å². The van der Waals surface area contributed by atoms with E-state index in [-0.39, 0.29) is 17.0 Å². The first-order valence-corrected chi connectivity index (χ1v) is 12.2. The molecule has 3 aromatic carbocycles. The van der Waals surface area contributed by atoms with E-state index in [0.717, 1.165) is 11.1 Å². The molecule has 0 bridgehead atoms. The van der Waals surface area contributed by atoms with Crippen molar-refractivity contribution in [1.29, 1.82) is 0 Å². The monoisotopic (exact) mass is 484 g/mol. The first-order valence-electron chi connectivity index (χ1n) is 10.7. The van der Waals surface area contributed by atoms with Gasteiger partial charge in [-0.25, -0.2) is 17.9 Å². The summed E-state index contributed by atoms with van der Waals surface area (Å²) in [4.78, 5) is 11.3. The molecular weight excluding hydrogens is 456 g/mol. The Balaban J connectivity index is 1.73. The molecule has 0 spiro atoms. The Morgan fingerprint density at radius 1 is 0.853 bits per heavy atom. The quantitative estimate of drug-likeness (QED) is 0.360. The number of rotatable bonds is 12. The van der Waals surface area contributed by atoms with Gasteiger partial charge in [-0.2, -0.15) is 0 Å². The molecule has 3 N–H and O–H groups in total. The van der Waals surface area contributed by atoms with Crippen molar-refractivity contribution in [2.24, 2.45) is 0 Å². The fourth-order valence-corrected chi connectivity index (χ4v) is 4.69. The third-order valence-electron chi connectivity index (χ3n) is 5.24. The molecular formula is C25H28N2O6S. The van der Waals surface area contributed by atoms with Crippen LogP contribution in [0.15, 0.2) is 71.6 Å². The number of carbonyl (C=O) groups is 1. The molecule has 9 heteroatoms. The van der Waals surface area contributed by atoms with Crippen LogP contribution in [0, 0.1) is 0 Å². The minimum absolute atomic E-state index is 0.103. The molecule has 0 aliphatic heterocycles. The van der Waals surface area contributed by atoms with Gasteiger partial charge in [0.05, 0.1) is 25.5 Å². The fourth-order valence-electron chi connectivity index (χ4n) is 3.45. The summed E-state index contributed by atoms with van der Waals surface area (Å²) in [5.74, 6) is 0.0349. The highest BCUT2D eigenvalue weighted by Crippen LogP contribution is 2.28. The van der Waals surface area contributed by atoms with Crippen molar-refractivity contribution >= 4 is 21.7 Å².